The molecule has 1 atom stereocenters. The summed E-state index contributed by atoms with van der Waals surface area (Å²) >= 11 is 0. The van der Waals surface area contributed by atoms with Crippen LogP contribution in [0.1, 0.15) is 6.92 Å². The van der Waals surface area contributed by atoms with Gasteiger partial charge in [0.2, 0.25) is 0 Å². The molecule has 0 aliphatic carbocycles. The van der Waals surface area contributed by atoms with E-state index in [1.807, 2.05) is 12.1 Å². The molecule has 0 aromatic heterocycles. The molecule has 0 spiro atoms. The third-order valence-electron chi connectivity index (χ3n) is 5.47. The van der Waals surface area contributed by atoms with Crippen LogP contribution in [0, 0.1) is 0 Å². The second kappa shape index (κ2) is 9.98. The number of fused-ring (bicyclic) bond motifs is 1. The minimum absolute atomic E-state index is 0.00744. The molecule has 7 nitrogen and oxygen atoms in total. The number of hydrogen-bond acceptors (Lipinski definition) is 6. The highest BCUT2D eigenvalue weighted by Gasteiger charge is 2.39. The molecule has 0 saturated heterocycles. The summed E-state index contributed by atoms with van der Waals surface area (Å²) in [5.74, 6) is 0. The Morgan fingerprint density at radius 3 is 1.58 bits per heavy atom. The molecular formula is C26H23NO6S3. The number of benzene rings is 4. The lowest BCUT2D eigenvalue weighted by Crippen LogP contribution is -2.42. The van der Waals surface area contributed by atoms with Crippen LogP contribution in [-0.2, 0) is 29.9 Å². The normalized spacial score (nSPS) is 13.8. The van der Waals surface area contributed by atoms with Gasteiger partial charge in [0, 0.05) is 5.41 Å². The summed E-state index contributed by atoms with van der Waals surface area (Å²) in [6.45, 7) is 1.31. The van der Waals surface area contributed by atoms with E-state index in [9.17, 15) is 25.3 Å². The summed E-state index contributed by atoms with van der Waals surface area (Å²) in [5.41, 5.74) is 0. The van der Waals surface area contributed by atoms with Crippen molar-refractivity contribution in [2.45, 2.75) is 27.7 Å². The summed E-state index contributed by atoms with van der Waals surface area (Å²) in [6.07, 6.45) is 1.06. The highest BCUT2D eigenvalue weighted by Crippen LogP contribution is 2.28. The summed E-state index contributed by atoms with van der Waals surface area (Å²) in [7, 11) is -13.1. The lowest BCUT2D eigenvalue weighted by molar-refractivity contribution is 0.475. The van der Waals surface area contributed by atoms with Gasteiger partial charge in [0.05, 0.1) is 20.7 Å². The third-order valence-corrected chi connectivity index (χ3v) is 11.4. The zero-order valence-corrected chi connectivity index (χ0v) is 21.6. The molecular weight excluding hydrogens is 518 g/mol. The number of hydrogen-bond donors (Lipinski definition) is 0. The van der Waals surface area contributed by atoms with E-state index in [1.165, 1.54) is 67.6 Å². The van der Waals surface area contributed by atoms with Crippen LogP contribution in [0.4, 0.5) is 0 Å². The molecule has 0 N–H and O–H groups in total. The van der Waals surface area contributed by atoms with E-state index in [0.29, 0.717) is 3.71 Å². The minimum atomic E-state index is -4.57. The fourth-order valence-corrected chi connectivity index (χ4v) is 8.79. The van der Waals surface area contributed by atoms with Gasteiger partial charge < -0.3 is 0 Å². The van der Waals surface area contributed by atoms with Gasteiger partial charge in [-0.05, 0) is 54.1 Å². The Morgan fingerprint density at radius 2 is 1.06 bits per heavy atom. The molecule has 0 saturated carbocycles. The van der Waals surface area contributed by atoms with Crippen LogP contribution >= 0.6 is 0 Å². The standard InChI is InChI=1S/C26H23NO6S3/c1-21(18-19-34(28,29)26-17-16-22-10-8-9-11-23(22)20-26)27(35(30,31)24-12-4-2-5-13-24)36(32,33)25-14-6-3-7-15-25/h2-21H,1H3/b19-18+. The first-order valence-corrected chi connectivity index (χ1v) is 15.3. The lowest BCUT2D eigenvalue weighted by Gasteiger charge is -2.26. The Kier molecular flexibility index (Phi) is 7.14. The van der Waals surface area contributed by atoms with E-state index in [2.05, 4.69) is 0 Å². The smallest absolute Gasteiger partial charge is 0.219 e. The third kappa shape index (κ3) is 5.12. The largest absolute Gasteiger partial charge is 0.256 e. The summed E-state index contributed by atoms with van der Waals surface area (Å²) in [4.78, 5) is -0.461. The molecule has 4 aromatic carbocycles. The summed E-state index contributed by atoms with van der Waals surface area (Å²) in [6, 6.07) is 24.8. The molecule has 0 aliphatic heterocycles. The molecule has 0 amide bonds. The molecule has 186 valence electrons. The molecule has 0 radical (unpaired) electrons. The predicted molar refractivity (Wildman–Crippen MR) is 139 cm³/mol. The van der Waals surface area contributed by atoms with Gasteiger partial charge in [-0.25, -0.2) is 25.3 Å². The minimum Gasteiger partial charge on any atom is -0.219 e. The van der Waals surface area contributed by atoms with Gasteiger partial charge >= 0.3 is 0 Å². The second-order valence-electron chi connectivity index (χ2n) is 7.98. The first kappa shape index (κ1) is 25.8. The number of nitrogens with zero attached hydrogens (tertiary/aromatic N) is 1. The van der Waals surface area contributed by atoms with Crippen molar-refractivity contribution in [3.63, 3.8) is 0 Å². The number of sulfone groups is 1. The summed E-state index contributed by atoms with van der Waals surface area (Å²) < 4.78 is 80.4. The first-order chi connectivity index (χ1) is 17.0. The molecule has 0 bridgehead atoms. The van der Waals surface area contributed by atoms with Crippen molar-refractivity contribution in [2.24, 2.45) is 0 Å². The Hall–Kier alpha value is -3.31. The first-order valence-electron chi connectivity index (χ1n) is 10.9. The van der Waals surface area contributed by atoms with Crippen LogP contribution in [0.2, 0.25) is 0 Å². The van der Waals surface area contributed by atoms with Crippen molar-refractivity contribution in [1.29, 1.82) is 0 Å². The average molecular weight is 542 g/mol. The van der Waals surface area contributed by atoms with Crippen LogP contribution in [0.25, 0.3) is 10.8 Å². The molecule has 36 heavy (non-hydrogen) atoms. The Labute approximate surface area is 211 Å². The Bertz CT molecular complexity index is 1660. The van der Waals surface area contributed by atoms with E-state index in [1.54, 1.807) is 30.3 Å². The number of rotatable bonds is 8. The van der Waals surface area contributed by atoms with Crippen molar-refractivity contribution >= 4 is 40.7 Å². The van der Waals surface area contributed by atoms with Crippen molar-refractivity contribution in [1.82, 2.24) is 3.71 Å². The maximum absolute atomic E-state index is 13.5. The molecule has 4 rings (SSSR count). The van der Waals surface area contributed by atoms with Gasteiger partial charge in [0.1, 0.15) is 0 Å². The van der Waals surface area contributed by atoms with E-state index < -0.39 is 35.9 Å². The predicted octanol–water partition coefficient (Wildman–Crippen LogP) is 4.60. The van der Waals surface area contributed by atoms with Crippen molar-refractivity contribution in [2.75, 3.05) is 0 Å². The number of sulfonamides is 2. The van der Waals surface area contributed by atoms with Gasteiger partial charge in [-0.15, -0.1) is 0 Å². The van der Waals surface area contributed by atoms with Crippen LogP contribution in [0.5, 0.6) is 0 Å². The molecule has 4 aromatic rings. The second-order valence-corrected chi connectivity index (χ2v) is 13.7. The van der Waals surface area contributed by atoms with Crippen molar-refractivity contribution in [3.05, 3.63) is 115 Å². The van der Waals surface area contributed by atoms with Gasteiger partial charge in [0.25, 0.3) is 20.0 Å². The van der Waals surface area contributed by atoms with Crippen molar-refractivity contribution < 1.29 is 25.3 Å². The maximum Gasteiger partial charge on any atom is 0.256 e. The monoisotopic (exact) mass is 541 g/mol. The Balaban J connectivity index is 1.77. The summed E-state index contributed by atoms with van der Waals surface area (Å²) in [5, 5.41) is 2.43. The van der Waals surface area contributed by atoms with Crippen LogP contribution in [0.3, 0.4) is 0 Å². The highest BCUT2D eigenvalue weighted by molar-refractivity contribution is 8.04. The quantitative estimate of drug-likeness (QED) is 0.323. The molecule has 0 aliphatic rings. The van der Waals surface area contributed by atoms with Crippen LogP contribution in [0.15, 0.2) is 129 Å². The van der Waals surface area contributed by atoms with Crippen molar-refractivity contribution in [3.8, 4) is 0 Å². The van der Waals surface area contributed by atoms with Gasteiger partial charge in [-0.3, -0.25) is 0 Å². The van der Waals surface area contributed by atoms with Crippen LogP contribution < -0.4 is 0 Å². The molecule has 1 unspecified atom stereocenters. The maximum atomic E-state index is 13.5. The Morgan fingerprint density at radius 1 is 0.583 bits per heavy atom. The van der Waals surface area contributed by atoms with E-state index >= 15 is 0 Å². The molecule has 10 heteroatoms. The van der Waals surface area contributed by atoms with Gasteiger partial charge in [-0.1, -0.05) is 76.5 Å². The van der Waals surface area contributed by atoms with E-state index in [0.717, 1.165) is 22.3 Å². The molecule has 0 fully saturated rings. The zero-order chi connectivity index (χ0) is 26.0. The highest BCUT2D eigenvalue weighted by atomic mass is 32.3. The SMILES string of the molecule is CC(/C=C/S(=O)(=O)c1ccc2ccccc2c1)N(S(=O)(=O)c1ccccc1)S(=O)(=O)c1ccccc1. The van der Waals surface area contributed by atoms with Gasteiger partial charge in [-0.2, -0.15) is 0 Å². The lowest BCUT2D eigenvalue weighted by atomic mass is 10.1. The van der Waals surface area contributed by atoms with E-state index in [4.69, 9.17) is 0 Å². The zero-order valence-electron chi connectivity index (χ0n) is 19.2. The average Bonchev–Trinajstić information content (AvgIpc) is 2.88. The van der Waals surface area contributed by atoms with Crippen LogP contribution in [-0.4, -0.2) is 35.0 Å². The van der Waals surface area contributed by atoms with Gasteiger partial charge in [0.15, 0.2) is 9.84 Å². The topological polar surface area (TPSA) is 106 Å². The molecule has 0 heterocycles. The fraction of sp³-hybridized carbons (Fsp3) is 0.0769. The fourth-order valence-electron chi connectivity index (χ4n) is 3.67. The van der Waals surface area contributed by atoms with E-state index in [-0.39, 0.29) is 14.7 Å².